The summed E-state index contributed by atoms with van der Waals surface area (Å²) in [5.74, 6) is -1.22. The molecule has 2 atom stereocenters. The third-order valence-electron chi connectivity index (χ3n) is 3.06. The molecule has 6 heteroatoms. The second-order valence-corrected chi connectivity index (χ2v) is 4.37. The van der Waals surface area contributed by atoms with Crippen LogP contribution < -0.4 is 0 Å². The molecule has 1 aliphatic rings. The quantitative estimate of drug-likeness (QED) is 0.845. The van der Waals surface area contributed by atoms with Gasteiger partial charge in [0.05, 0.1) is 6.10 Å². The Morgan fingerprint density at radius 3 is 2.63 bits per heavy atom. The second-order valence-electron chi connectivity index (χ2n) is 4.37. The first-order valence-electron chi connectivity index (χ1n) is 5.98. The lowest BCUT2D eigenvalue weighted by Gasteiger charge is -2.22. The first-order valence-corrected chi connectivity index (χ1v) is 5.98. The summed E-state index contributed by atoms with van der Waals surface area (Å²) >= 11 is 0. The van der Waals surface area contributed by atoms with E-state index >= 15 is 0 Å². The number of carboxylic acid groups (broad SMARTS) is 1. The van der Waals surface area contributed by atoms with Gasteiger partial charge in [0.15, 0.2) is 6.04 Å². The lowest BCUT2D eigenvalue weighted by Crippen LogP contribution is -2.45. The zero-order chi connectivity index (χ0) is 13.8. The summed E-state index contributed by atoms with van der Waals surface area (Å²) in [7, 11) is 0. The topological polar surface area (TPSA) is 87.1 Å². The van der Waals surface area contributed by atoms with Crippen LogP contribution in [0.15, 0.2) is 30.3 Å². The number of hydrogen-bond acceptors (Lipinski definition) is 4. The number of ether oxygens (including phenoxy) is 1. The fourth-order valence-corrected chi connectivity index (χ4v) is 2.08. The number of carbonyl (C=O) groups is 2. The number of benzene rings is 1. The summed E-state index contributed by atoms with van der Waals surface area (Å²) in [5.41, 5.74) is 0.822. The molecule has 1 aromatic carbocycles. The molecule has 0 unspecified atom stereocenters. The van der Waals surface area contributed by atoms with Gasteiger partial charge in [-0.2, -0.15) is 0 Å². The molecule has 1 amide bonds. The van der Waals surface area contributed by atoms with E-state index in [2.05, 4.69) is 0 Å². The molecule has 6 nitrogen and oxygen atoms in total. The summed E-state index contributed by atoms with van der Waals surface area (Å²) in [5, 5.41) is 18.5. The Morgan fingerprint density at radius 1 is 1.32 bits per heavy atom. The molecule has 2 N–H and O–H groups in total. The largest absolute Gasteiger partial charge is 0.480 e. The van der Waals surface area contributed by atoms with Gasteiger partial charge < -0.3 is 14.9 Å². The average Bonchev–Trinajstić information content (AvgIpc) is 2.79. The van der Waals surface area contributed by atoms with Crippen molar-refractivity contribution >= 4 is 12.1 Å². The van der Waals surface area contributed by atoms with Crippen molar-refractivity contribution in [3.63, 3.8) is 0 Å². The highest BCUT2D eigenvalue weighted by Gasteiger charge is 2.41. The molecule has 1 fully saturated rings. The summed E-state index contributed by atoms with van der Waals surface area (Å²) < 4.78 is 5.05. The summed E-state index contributed by atoms with van der Waals surface area (Å²) in [6.45, 7) is 0.268. The number of likely N-dealkylation sites (tertiary alicyclic amines) is 1. The lowest BCUT2D eigenvalue weighted by molar-refractivity contribution is -0.144. The maximum atomic E-state index is 11.8. The van der Waals surface area contributed by atoms with Gasteiger partial charge in [-0.15, -0.1) is 0 Å². The molecule has 1 aliphatic heterocycles. The SMILES string of the molecule is O=C(O)[C@H]1[C@@H](O)CCN1C(=O)OCc1ccccc1. The van der Waals surface area contributed by atoms with Crippen LogP contribution in [-0.2, 0) is 16.1 Å². The van der Waals surface area contributed by atoms with E-state index in [0.29, 0.717) is 0 Å². The molecule has 1 saturated heterocycles. The van der Waals surface area contributed by atoms with E-state index in [-0.39, 0.29) is 19.6 Å². The van der Waals surface area contributed by atoms with Crippen LogP contribution in [0.2, 0.25) is 0 Å². The van der Waals surface area contributed by atoms with Gasteiger partial charge in [-0.3, -0.25) is 4.90 Å². The maximum Gasteiger partial charge on any atom is 0.410 e. The van der Waals surface area contributed by atoms with Crippen LogP contribution in [-0.4, -0.2) is 45.9 Å². The number of hydrogen-bond donors (Lipinski definition) is 2. The minimum atomic E-state index is -1.22. The molecule has 1 heterocycles. The molecule has 2 rings (SSSR count). The van der Waals surface area contributed by atoms with Crippen LogP contribution in [0.1, 0.15) is 12.0 Å². The highest BCUT2D eigenvalue weighted by Crippen LogP contribution is 2.19. The van der Waals surface area contributed by atoms with Gasteiger partial charge in [-0.25, -0.2) is 9.59 Å². The van der Waals surface area contributed by atoms with Crippen LogP contribution in [0.3, 0.4) is 0 Å². The first-order chi connectivity index (χ1) is 9.09. The van der Waals surface area contributed by atoms with E-state index in [1.807, 2.05) is 18.2 Å². The number of amides is 1. The number of aliphatic hydroxyl groups is 1. The van der Waals surface area contributed by atoms with Crippen LogP contribution >= 0.6 is 0 Å². The zero-order valence-electron chi connectivity index (χ0n) is 10.2. The van der Waals surface area contributed by atoms with Gasteiger partial charge in [0.2, 0.25) is 0 Å². The zero-order valence-corrected chi connectivity index (χ0v) is 10.2. The van der Waals surface area contributed by atoms with Crippen LogP contribution in [0, 0.1) is 0 Å². The van der Waals surface area contributed by atoms with Crippen LogP contribution in [0.4, 0.5) is 4.79 Å². The molecular weight excluding hydrogens is 250 g/mol. The lowest BCUT2D eigenvalue weighted by atomic mass is 10.2. The Morgan fingerprint density at radius 2 is 2.00 bits per heavy atom. The van der Waals surface area contributed by atoms with E-state index < -0.39 is 24.2 Å². The molecule has 0 aromatic heterocycles. The van der Waals surface area contributed by atoms with E-state index in [1.165, 1.54) is 0 Å². The minimum Gasteiger partial charge on any atom is -0.480 e. The van der Waals surface area contributed by atoms with Crippen molar-refractivity contribution in [3.05, 3.63) is 35.9 Å². The molecule has 102 valence electrons. The van der Waals surface area contributed by atoms with E-state index in [1.54, 1.807) is 12.1 Å². The smallest absolute Gasteiger partial charge is 0.410 e. The Labute approximate surface area is 110 Å². The third kappa shape index (κ3) is 3.03. The van der Waals surface area contributed by atoms with E-state index in [9.17, 15) is 14.7 Å². The van der Waals surface area contributed by atoms with Gasteiger partial charge in [0.25, 0.3) is 0 Å². The average molecular weight is 265 g/mol. The molecule has 0 aliphatic carbocycles. The van der Waals surface area contributed by atoms with Crippen molar-refractivity contribution in [3.8, 4) is 0 Å². The van der Waals surface area contributed by atoms with E-state index in [4.69, 9.17) is 9.84 Å². The van der Waals surface area contributed by atoms with Gasteiger partial charge in [-0.05, 0) is 12.0 Å². The number of carbonyl (C=O) groups excluding carboxylic acids is 1. The molecule has 19 heavy (non-hydrogen) atoms. The van der Waals surface area contributed by atoms with Crippen molar-refractivity contribution in [1.82, 2.24) is 4.90 Å². The Bertz CT molecular complexity index is 461. The fourth-order valence-electron chi connectivity index (χ4n) is 2.08. The molecule has 0 radical (unpaired) electrons. The van der Waals surface area contributed by atoms with Crippen molar-refractivity contribution in [2.45, 2.75) is 25.2 Å². The minimum absolute atomic E-state index is 0.0820. The normalized spacial score (nSPS) is 22.3. The molecule has 0 spiro atoms. The number of aliphatic hydroxyl groups excluding tert-OH is 1. The highest BCUT2D eigenvalue weighted by molar-refractivity contribution is 5.81. The number of rotatable bonds is 3. The predicted octanol–water partition coefficient (Wildman–Crippen LogP) is 0.843. The number of nitrogens with zero attached hydrogens (tertiary/aromatic N) is 1. The maximum absolute atomic E-state index is 11.8. The molecular formula is C13H15NO5. The first kappa shape index (κ1) is 13.4. The Kier molecular flexibility index (Phi) is 4.01. The van der Waals surface area contributed by atoms with Gasteiger partial charge in [-0.1, -0.05) is 30.3 Å². The van der Waals surface area contributed by atoms with Gasteiger partial charge in [0.1, 0.15) is 6.61 Å². The molecule has 0 bridgehead atoms. The Balaban J connectivity index is 1.95. The summed E-state index contributed by atoms with van der Waals surface area (Å²) in [6.07, 6.45) is -1.51. The summed E-state index contributed by atoms with van der Waals surface area (Å²) in [4.78, 5) is 23.9. The summed E-state index contributed by atoms with van der Waals surface area (Å²) in [6, 6.07) is 7.89. The van der Waals surface area contributed by atoms with Crippen molar-refractivity contribution in [2.75, 3.05) is 6.54 Å². The van der Waals surface area contributed by atoms with Crippen molar-refractivity contribution in [2.24, 2.45) is 0 Å². The van der Waals surface area contributed by atoms with Crippen LogP contribution in [0.25, 0.3) is 0 Å². The highest BCUT2D eigenvalue weighted by atomic mass is 16.6. The van der Waals surface area contributed by atoms with Crippen LogP contribution in [0.5, 0.6) is 0 Å². The Hall–Kier alpha value is -2.08. The molecule has 0 saturated carbocycles. The van der Waals surface area contributed by atoms with Crippen molar-refractivity contribution in [1.29, 1.82) is 0 Å². The molecule has 1 aromatic rings. The standard InChI is InChI=1S/C13H15NO5/c15-10-6-7-14(11(10)12(16)17)13(18)19-8-9-4-2-1-3-5-9/h1-5,10-11,15H,6-8H2,(H,16,17)/t10-,11+/m0/s1. The van der Waals surface area contributed by atoms with Gasteiger partial charge >= 0.3 is 12.1 Å². The second kappa shape index (κ2) is 5.71. The number of aliphatic carboxylic acids is 1. The monoisotopic (exact) mass is 265 g/mol. The third-order valence-corrected chi connectivity index (χ3v) is 3.06. The number of carboxylic acids is 1. The van der Waals surface area contributed by atoms with Gasteiger partial charge in [0, 0.05) is 6.54 Å². The fraction of sp³-hybridized carbons (Fsp3) is 0.385. The van der Waals surface area contributed by atoms with Crippen molar-refractivity contribution < 1.29 is 24.5 Å². The van der Waals surface area contributed by atoms with E-state index in [0.717, 1.165) is 10.5 Å². The predicted molar refractivity (Wildman–Crippen MR) is 65.4 cm³/mol.